The van der Waals surface area contributed by atoms with Crippen molar-refractivity contribution in [3.8, 4) is 5.75 Å². The zero-order valence-corrected chi connectivity index (χ0v) is 17.3. The van der Waals surface area contributed by atoms with E-state index in [1.807, 2.05) is 19.9 Å². The highest BCUT2D eigenvalue weighted by Crippen LogP contribution is 2.31. The molecule has 148 valence electrons. The maximum absolute atomic E-state index is 5.95. The van der Waals surface area contributed by atoms with Crippen molar-refractivity contribution in [3.63, 3.8) is 0 Å². The summed E-state index contributed by atoms with van der Waals surface area (Å²) in [6.07, 6.45) is 1.69. The quantitative estimate of drug-likeness (QED) is 0.269. The Morgan fingerprint density at radius 1 is 1.26 bits per heavy atom. The molecule has 0 amide bonds. The van der Waals surface area contributed by atoms with Gasteiger partial charge in [-0.05, 0) is 38.5 Å². The Hall–Kier alpha value is -2.19. The molecule has 0 unspecified atom stereocenters. The third-order valence-electron chi connectivity index (χ3n) is 3.93. The van der Waals surface area contributed by atoms with E-state index >= 15 is 0 Å². The summed E-state index contributed by atoms with van der Waals surface area (Å²) in [5.41, 5.74) is 5.71. The Bertz CT molecular complexity index is 773. The molecule has 0 aliphatic rings. The van der Waals surface area contributed by atoms with Crippen LogP contribution in [0, 0.1) is 13.8 Å². The molecule has 0 aliphatic heterocycles. The van der Waals surface area contributed by atoms with Gasteiger partial charge in [-0.15, -0.1) is 33.4 Å². The standard InChI is InChI=1S/C17H25Cl2N7O/c1-4-27-16-10-14(11-21-23-17-24-22-13(3)26(17)20)12(2)9-15(16)25(7-5-18)8-6-19/h9-11H,4-8,20H2,1-3H3,(H,23,24)/b21-11+. The molecule has 2 rings (SSSR count). The van der Waals surface area contributed by atoms with Gasteiger partial charge in [0.25, 0.3) is 5.95 Å². The van der Waals surface area contributed by atoms with E-state index in [0.717, 1.165) is 22.6 Å². The number of aryl methyl sites for hydroxylation is 2. The van der Waals surface area contributed by atoms with Crippen molar-refractivity contribution in [1.29, 1.82) is 0 Å². The summed E-state index contributed by atoms with van der Waals surface area (Å²) < 4.78 is 7.17. The van der Waals surface area contributed by atoms with Crippen molar-refractivity contribution in [2.75, 3.05) is 47.6 Å². The second kappa shape index (κ2) is 10.2. The molecule has 0 saturated heterocycles. The van der Waals surface area contributed by atoms with Crippen LogP contribution in [0.5, 0.6) is 5.75 Å². The van der Waals surface area contributed by atoms with E-state index in [9.17, 15) is 0 Å². The SMILES string of the molecule is CCOc1cc(/C=N/Nc2nnc(C)n2N)c(C)cc1N(CCCl)CCCl. The molecule has 1 aromatic carbocycles. The average molecular weight is 414 g/mol. The predicted molar refractivity (Wildman–Crippen MR) is 112 cm³/mol. The molecule has 0 bridgehead atoms. The Labute approximate surface area is 169 Å². The molecule has 0 fully saturated rings. The molecule has 1 heterocycles. The number of ether oxygens (including phenoxy) is 1. The van der Waals surface area contributed by atoms with Gasteiger partial charge < -0.3 is 15.5 Å². The Kier molecular flexibility index (Phi) is 7.99. The zero-order valence-electron chi connectivity index (χ0n) is 15.7. The fraction of sp³-hybridized carbons (Fsp3) is 0.471. The van der Waals surface area contributed by atoms with Gasteiger partial charge in [0.2, 0.25) is 0 Å². The molecule has 2 aromatic rings. The lowest BCUT2D eigenvalue weighted by Gasteiger charge is -2.26. The van der Waals surface area contributed by atoms with Crippen LogP contribution in [0.2, 0.25) is 0 Å². The van der Waals surface area contributed by atoms with Gasteiger partial charge in [0.1, 0.15) is 5.75 Å². The lowest BCUT2D eigenvalue weighted by atomic mass is 10.1. The van der Waals surface area contributed by atoms with Crippen molar-refractivity contribution < 1.29 is 4.74 Å². The molecule has 0 spiro atoms. The molecule has 27 heavy (non-hydrogen) atoms. The fourth-order valence-corrected chi connectivity index (χ4v) is 2.92. The van der Waals surface area contributed by atoms with Gasteiger partial charge in [-0.3, -0.25) is 0 Å². The number of alkyl halides is 2. The topological polar surface area (TPSA) is 93.6 Å². The number of hydrogen-bond donors (Lipinski definition) is 2. The molecule has 3 N–H and O–H groups in total. The van der Waals surface area contributed by atoms with Gasteiger partial charge in [0, 0.05) is 30.4 Å². The normalized spacial score (nSPS) is 11.1. The summed E-state index contributed by atoms with van der Waals surface area (Å²) in [6.45, 7) is 7.64. The van der Waals surface area contributed by atoms with Gasteiger partial charge in [0.15, 0.2) is 5.82 Å². The van der Waals surface area contributed by atoms with E-state index in [1.165, 1.54) is 4.68 Å². The van der Waals surface area contributed by atoms with Gasteiger partial charge in [-0.25, -0.2) is 10.1 Å². The van der Waals surface area contributed by atoms with Crippen LogP contribution in [-0.4, -0.2) is 52.5 Å². The van der Waals surface area contributed by atoms with Crippen molar-refractivity contribution in [1.82, 2.24) is 14.9 Å². The van der Waals surface area contributed by atoms with E-state index in [2.05, 4.69) is 31.7 Å². The molecule has 0 aliphatic carbocycles. The number of nitrogen functional groups attached to an aromatic ring is 1. The highest BCUT2D eigenvalue weighted by atomic mass is 35.5. The predicted octanol–water partition coefficient (Wildman–Crippen LogP) is 2.74. The third kappa shape index (κ3) is 5.40. The number of nitrogens with zero attached hydrogens (tertiary/aromatic N) is 5. The van der Waals surface area contributed by atoms with Crippen LogP contribution in [0.3, 0.4) is 0 Å². The number of benzene rings is 1. The number of nitrogens with two attached hydrogens (primary N) is 1. The highest BCUT2D eigenvalue weighted by Gasteiger charge is 2.14. The maximum atomic E-state index is 5.95. The molecule has 0 saturated carbocycles. The monoisotopic (exact) mass is 413 g/mol. The number of halogens is 2. The lowest BCUT2D eigenvalue weighted by Crippen LogP contribution is -2.28. The summed E-state index contributed by atoms with van der Waals surface area (Å²) in [7, 11) is 0. The number of hydrogen-bond acceptors (Lipinski definition) is 7. The number of rotatable bonds is 10. The Morgan fingerprint density at radius 2 is 1.96 bits per heavy atom. The van der Waals surface area contributed by atoms with Crippen LogP contribution in [0.25, 0.3) is 0 Å². The minimum Gasteiger partial charge on any atom is -0.492 e. The zero-order chi connectivity index (χ0) is 19.8. The van der Waals surface area contributed by atoms with Gasteiger partial charge in [-0.1, -0.05) is 0 Å². The average Bonchev–Trinajstić information content (AvgIpc) is 2.96. The van der Waals surface area contributed by atoms with Crippen LogP contribution >= 0.6 is 23.2 Å². The summed E-state index contributed by atoms with van der Waals surface area (Å²) >= 11 is 11.9. The first kappa shape index (κ1) is 21.1. The van der Waals surface area contributed by atoms with Crippen LogP contribution in [0.1, 0.15) is 23.9 Å². The largest absolute Gasteiger partial charge is 0.492 e. The second-order valence-corrected chi connectivity index (χ2v) is 6.54. The molecular weight excluding hydrogens is 389 g/mol. The molecule has 10 heteroatoms. The minimum atomic E-state index is 0.360. The van der Waals surface area contributed by atoms with E-state index in [4.69, 9.17) is 33.8 Å². The fourth-order valence-electron chi connectivity index (χ4n) is 2.51. The van der Waals surface area contributed by atoms with Crippen LogP contribution in [0.4, 0.5) is 11.6 Å². The molecule has 0 atom stereocenters. The van der Waals surface area contributed by atoms with E-state index < -0.39 is 0 Å². The highest BCUT2D eigenvalue weighted by molar-refractivity contribution is 6.18. The van der Waals surface area contributed by atoms with Crippen molar-refractivity contribution >= 4 is 41.1 Å². The first-order chi connectivity index (χ1) is 13.0. The number of aromatic nitrogens is 3. The maximum Gasteiger partial charge on any atom is 0.263 e. The summed E-state index contributed by atoms with van der Waals surface area (Å²) in [5.74, 6) is 8.52. The second-order valence-electron chi connectivity index (χ2n) is 5.79. The molecule has 1 aromatic heterocycles. The van der Waals surface area contributed by atoms with E-state index in [0.29, 0.717) is 43.2 Å². The summed E-state index contributed by atoms with van der Waals surface area (Å²) in [6, 6.07) is 4.01. The van der Waals surface area contributed by atoms with Crippen molar-refractivity contribution in [2.24, 2.45) is 5.10 Å². The number of hydrazone groups is 1. The van der Waals surface area contributed by atoms with Gasteiger partial charge in [-0.2, -0.15) is 5.10 Å². The van der Waals surface area contributed by atoms with E-state index in [1.54, 1.807) is 13.1 Å². The Morgan fingerprint density at radius 3 is 2.52 bits per heavy atom. The van der Waals surface area contributed by atoms with Crippen LogP contribution < -0.4 is 20.9 Å². The van der Waals surface area contributed by atoms with Crippen LogP contribution in [0.15, 0.2) is 17.2 Å². The van der Waals surface area contributed by atoms with Crippen molar-refractivity contribution in [2.45, 2.75) is 20.8 Å². The number of nitrogens with one attached hydrogen (secondary N) is 1. The van der Waals surface area contributed by atoms with Gasteiger partial charge >= 0.3 is 0 Å². The van der Waals surface area contributed by atoms with Crippen molar-refractivity contribution in [3.05, 3.63) is 29.1 Å². The van der Waals surface area contributed by atoms with Gasteiger partial charge in [0.05, 0.1) is 18.5 Å². The number of anilines is 2. The molecule has 8 nitrogen and oxygen atoms in total. The molecule has 0 radical (unpaired) electrons. The van der Waals surface area contributed by atoms with Crippen LogP contribution in [-0.2, 0) is 0 Å². The molecular formula is C17H25Cl2N7O. The summed E-state index contributed by atoms with van der Waals surface area (Å²) in [5, 5.41) is 12.0. The minimum absolute atomic E-state index is 0.360. The summed E-state index contributed by atoms with van der Waals surface area (Å²) in [4.78, 5) is 2.12. The first-order valence-electron chi connectivity index (χ1n) is 8.62. The third-order valence-corrected chi connectivity index (χ3v) is 4.27. The smallest absolute Gasteiger partial charge is 0.263 e. The first-order valence-corrected chi connectivity index (χ1v) is 9.69. The lowest BCUT2D eigenvalue weighted by molar-refractivity contribution is 0.340. The Balaban J connectivity index is 2.27. The van der Waals surface area contributed by atoms with E-state index in [-0.39, 0.29) is 0 Å².